The number of hydrogen-bond donors (Lipinski definition) is 0. The fourth-order valence-corrected chi connectivity index (χ4v) is 12.0. The number of para-hydroxylation sites is 6. The summed E-state index contributed by atoms with van der Waals surface area (Å²) in [6.07, 6.45) is 0. The molecule has 70 heavy (non-hydrogen) atoms. The largest absolute Gasteiger partial charge is 0.317 e. The zero-order chi connectivity index (χ0) is 46.2. The highest BCUT2D eigenvalue weighted by Gasteiger charge is 2.35. The molecule has 0 bridgehead atoms. The van der Waals surface area contributed by atoms with Crippen molar-refractivity contribution < 1.29 is 0 Å². The van der Waals surface area contributed by atoms with Crippen LogP contribution >= 0.6 is 0 Å². The van der Waals surface area contributed by atoms with Gasteiger partial charge >= 0.3 is 0 Å². The molecular weight excluding hydrogens is 853 g/mol. The smallest absolute Gasteiger partial charge is 0.237 e. The van der Waals surface area contributed by atoms with Crippen LogP contribution in [0.4, 0.5) is 5.69 Å². The van der Waals surface area contributed by atoms with E-state index in [1.807, 2.05) is 0 Å². The lowest BCUT2D eigenvalue weighted by Gasteiger charge is -2.27. The normalized spacial score (nSPS) is 12.0. The number of rotatable bonds is 4. The third-order valence-corrected chi connectivity index (χ3v) is 14.8. The highest BCUT2D eigenvalue weighted by Crippen LogP contribution is 2.52. The third kappa shape index (κ3) is 4.93. The van der Waals surface area contributed by atoms with Crippen molar-refractivity contribution in [2.24, 2.45) is 0 Å². The number of hydrogen-bond acceptors (Lipinski definition) is 1. The summed E-state index contributed by atoms with van der Waals surface area (Å²) in [6.45, 7) is 9.76. The van der Waals surface area contributed by atoms with Crippen molar-refractivity contribution in [3.63, 3.8) is 0 Å². The summed E-state index contributed by atoms with van der Waals surface area (Å²) in [6, 6.07) is 79.8. The van der Waals surface area contributed by atoms with E-state index in [0.717, 1.165) is 114 Å². The summed E-state index contributed by atoms with van der Waals surface area (Å²) >= 11 is 0. The van der Waals surface area contributed by atoms with Crippen molar-refractivity contribution in [1.29, 1.82) is 5.26 Å². The van der Waals surface area contributed by atoms with Crippen molar-refractivity contribution in [3.8, 4) is 28.8 Å². The molecular formula is C64H36N6. The molecule has 0 aliphatic carbocycles. The first-order valence-electron chi connectivity index (χ1n) is 23.5. The Bertz CT molecular complexity index is 4610. The molecule has 4 heterocycles. The monoisotopic (exact) mass is 888 g/mol. The third-order valence-electron chi connectivity index (χ3n) is 14.8. The van der Waals surface area contributed by atoms with Crippen molar-refractivity contribution >= 4 is 114 Å². The van der Waals surface area contributed by atoms with Crippen molar-refractivity contribution in [2.75, 3.05) is 0 Å². The van der Waals surface area contributed by atoms with Crippen LogP contribution in [0.25, 0.3) is 136 Å². The molecule has 15 aromatic rings. The second kappa shape index (κ2) is 14.3. The topological polar surface area (TPSA) is 47.9 Å². The average Bonchev–Trinajstić information content (AvgIpc) is 4.16. The summed E-state index contributed by atoms with van der Waals surface area (Å²) in [7, 11) is 0. The van der Waals surface area contributed by atoms with E-state index in [1.54, 1.807) is 0 Å². The predicted molar refractivity (Wildman–Crippen MR) is 290 cm³/mol. The fourth-order valence-electron chi connectivity index (χ4n) is 12.0. The first-order valence-corrected chi connectivity index (χ1v) is 23.5. The number of fused-ring (bicyclic) bond motifs is 16. The second-order valence-electron chi connectivity index (χ2n) is 18.2. The molecule has 15 rings (SSSR count). The maximum Gasteiger partial charge on any atom is 0.237 e. The second-order valence-corrected chi connectivity index (χ2v) is 18.2. The first-order chi connectivity index (χ1) is 34.7. The Morgan fingerprint density at radius 3 is 1.00 bits per heavy atom. The van der Waals surface area contributed by atoms with Crippen LogP contribution in [0.2, 0.25) is 0 Å². The molecule has 0 atom stereocenters. The van der Waals surface area contributed by atoms with Gasteiger partial charge in [-0.15, -0.1) is 0 Å². The Morgan fingerprint density at radius 1 is 0.300 bits per heavy atom. The van der Waals surface area contributed by atoms with Gasteiger partial charge < -0.3 is 18.3 Å². The maximum absolute atomic E-state index is 12.5. The van der Waals surface area contributed by atoms with E-state index in [0.29, 0.717) is 28.3 Å². The van der Waals surface area contributed by atoms with Crippen LogP contribution in [0, 0.1) is 17.9 Å². The molecule has 0 unspecified atom stereocenters. The van der Waals surface area contributed by atoms with Crippen LogP contribution < -0.4 is 0 Å². The number of aromatic nitrogens is 4. The minimum atomic E-state index is 0.365. The zero-order valence-corrected chi connectivity index (χ0v) is 37.5. The molecule has 4 aromatic heterocycles. The quantitative estimate of drug-likeness (QED) is 0.162. The molecule has 0 N–H and O–H groups in total. The standard InChI is InChI=1S/C64H36N6/c1-66-58-61(69-56-32-16-10-26-47(56)49-36-34-39-18-2-4-20-41(39)59(49)69)51(38-65)62(67-52-28-12-6-22-43(52)44-23-7-13-29-53(44)67)64(63(58)68-54-30-14-8-24-45(54)46-25-9-15-31-55(46)68)70-57-33-17-11-27-48(57)50-37-35-40-19-3-5-21-42(40)60(50)70/h2-37H. The molecule has 322 valence electrons. The number of nitriles is 1. The average molecular weight is 889 g/mol. The van der Waals surface area contributed by atoms with Gasteiger partial charge in [0.1, 0.15) is 6.07 Å². The van der Waals surface area contributed by atoms with E-state index in [2.05, 4.69) is 243 Å². The molecule has 0 aliphatic heterocycles. The minimum Gasteiger partial charge on any atom is -0.317 e. The van der Waals surface area contributed by atoms with Crippen LogP contribution in [0.1, 0.15) is 5.56 Å². The van der Waals surface area contributed by atoms with Crippen LogP contribution in [0.3, 0.4) is 0 Å². The highest BCUT2D eigenvalue weighted by molar-refractivity contribution is 6.22. The van der Waals surface area contributed by atoms with Crippen molar-refractivity contribution in [1.82, 2.24) is 18.3 Å². The molecule has 6 heteroatoms. The van der Waals surface area contributed by atoms with Gasteiger partial charge in [-0.3, -0.25) is 0 Å². The van der Waals surface area contributed by atoms with Gasteiger partial charge in [0, 0.05) is 53.9 Å². The molecule has 0 fully saturated rings. The van der Waals surface area contributed by atoms with Crippen LogP contribution in [-0.2, 0) is 0 Å². The highest BCUT2D eigenvalue weighted by atomic mass is 15.1. The lowest BCUT2D eigenvalue weighted by molar-refractivity contribution is 1.04. The molecule has 0 saturated carbocycles. The summed E-state index contributed by atoms with van der Waals surface area (Å²) in [4.78, 5) is 4.77. The van der Waals surface area contributed by atoms with Crippen LogP contribution in [0.15, 0.2) is 218 Å². The SMILES string of the molecule is [C-]#[N+]c1c(-n2c3ccccc3c3ccccc32)c(-n2c3ccccc3c3ccc4ccccc4c32)c(-n2c3ccccc3c3ccccc32)c(C#N)c1-n1c2ccccc2c2ccc3ccccc3c21. The Kier molecular flexibility index (Phi) is 7.82. The van der Waals surface area contributed by atoms with Gasteiger partial charge in [0.05, 0.1) is 79.0 Å². The van der Waals surface area contributed by atoms with E-state index < -0.39 is 0 Å². The molecule has 0 aliphatic rings. The minimum absolute atomic E-state index is 0.365. The van der Waals surface area contributed by atoms with Gasteiger partial charge in [0.15, 0.2) is 0 Å². The van der Waals surface area contributed by atoms with E-state index >= 15 is 0 Å². The van der Waals surface area contributed by atoms with Crippen LogP contribution in [0.5, 0.6) is 0 Å². The Balaban J connectivity index is 1.32. The van der Waals surface area contributed by atoms with E-state index in [9.17, 15) is 11.8 Å². The lowest BCUT2D eigenvalue weighted by Crippen LogP contribution is -2.14. The lowest BCUT2D eigenvalue weighted by atomic mass is 10.0. The van der Waals surface area contributed by atoms with Gasteiger partial charge in [0.25, 0.3) is 0 Å². The van der Waals surface area contributed by atoms with E-state index in [1.165, 1.54) is 0 Å². The molecule has 0 amide bonds. The Labute approximate surface area is 400 Å². The maximum atomic E-state index is 12.5. The molecule has 6 nitrogen and oxygen atoms in total. The van der Waals surface area contributed by atoms with E-state index in [4.69, 9.17) is 4.85 Å². The molecule has 0 saturated heterocycles. The molecule has 11 aromatic carbocycles. The molecule has 0 spiro atoms. The zero-order valence-electron chi connectivity index (χ0n) is 37.5. The Hall–Kier alpha value is -9.88. The van der Waals surface area contributed by atoms with Crippen molar-refractivity contribution in [2.45, 2.75) is 0 Å². The number of benzene rings is 11. The summed E-state index contributed by atoms with van der Waals surface area (Å²) < 4.78 is 9.24. The van der Waals surface area contributed by atoms with Gasteiger partial charge in [-0.25, -0.2) is 4.85 Å². The summed E-state index contributed by atoms with van der Waals surface area (Å²) in [5.74, 6) is 0. The van der Waals surface area contributed by atoms with Gasteiger partial charge in [-0.1, -0.05) is 182 Å². The van der Waals surface area contributed by atoms with Gasteiger partial charge in [-0.05, 0) is 47.2 Å². The van der Waals surface area contributed by atoms with Gasteiger partial charge in [-0.2, -0.15) is 5.26 Å². The Morgan fingerprint density at radius 2 is 0.614 bits per heavy atom. The molecule has 0 radical (unpaired) electrons. The predicted octanol–water partition coefficient (Wildman–Crippen LogP) is 16.8. The van der Waals surface area contributed by atoms with Gasteiger partial charge in [0.2, 0.25) is 5.69 Å². The summed E-state index contributed by atoms with van der Waals surface area (Å²) in [5.41, 5.74) is 11.0. The number of nitrogens with zero attached hydrogens (tertiary/aromatic N) is 6. The van der Waals surface area contributed by atoms with Crippen LogP contribution in [-0.4, -0.2) is 18.3 Å². The fraction of sp³-hybridized carbons (Fsp3) is 0. The van der Waals surface area contributed by atoms with E-state index in [-0.39, 0.29) is 0 Å². The first kappa shape index (κ1) is 38.2. The summed E-state index contributed by atoms with van der Waals surface area (Å²) in [5, 5.41) is 25.3. The van der Waals surface area contributed by atoms with Crippen molar-refractivity contribution in [3.05, 3.63) is 235 Å².